The molecule has 89 valence electrons. The third kappa shape index (κ3) is 2.49. The van der Waals surface area contributed by atoms with Gasteiger partial charge in [-0.1, -0.05) is 18.2 Å². The van der Waals surface area contributed by atoms with Crippen LogP contribution in [-0.2, 0) is 17.4 Å². The molecule has 0 saturated carbocycles. The predicted molar refractivity (Wildman–Crippen MR) is 45.6 cm³/mol. The Labute approximate surface area is 88.5 Å². The van der Waals surface area contributed by atoms with E-state index in [1.165, 1.54) is 6.07 Å². The van der Waals surface area contributed by atoms with Crippen molar-refractivity contribution in [2.75, 3.05) is 6.61 Å². The third-order valence-electron chi connectivity index (χ3n) is 2.04. The number of alkyl halides is 5. The van der Waals surface area contributed by atoms with Gasteiger partial charge in [0.05, 0.1) is 6.61 Å². The average Bonchev–Trinajstić information content (AvgIpc) is 2.17. The van der Waals surface area contributed by atoms with Gasteiger partial charge < -0.3 is 0 Å². The molecular formula is C10H8F5O. The van der Waals surface area contributed by atoms with Crippen molar-refractivity contribution in [1.29, 1.82) is 0 Å². The normalized spacial score (nSPS) is 12.9. The molecule has 0 amide bonds. The van der Waals surface area contributed by atoms with E-state index in [-0.39, 0.29) is 12.0 Å². The second-order valence-electron chi connectivity index (χ2n) is 3.23. The monoisotopic (exact) mass is 239 g/mol. The Balaban J connectivity index is 3.08. The SMILES string of the molecule is [O]CCc1cccc(C(F)(F)C(F)(F)F)c1. The summed E-state index contributed by atoms with van der Waals surface area (Å²) in [6.07, 6.45) is -5.69. The number of halogens is 5. The van der Waals surface area contributed by atoms with Crippen LogP contribution in [0.3, 0.4) is 0 Å². The minimum atomic E-state index is -5.62. The fourth-order valence-corrected chi connectivity index (χ4v) is 1.20. The van der Waals surface area contributed by atoms with Crippen molar-refractivity contribution in [1.82, 2.24) is 0 Å². The Kier molecular flexibility index (Phi) is 3.52. The molecule has 0 aliphatic rings. The smallest absolute Gasteiger partial charge is 0.236 e. The van der Waals surface area contributed by atoms with Crippen molar-refractivity contribution in [2.24, 2.45) is 0 Å². The molecule has 0 bridgehead atoms. The fraction of sp³-hybridized carbons (Fsp3) is 0.400. The summed E-state index contributed by atoms with van der Waals surface area (Å²) >= 11 is 0. The topological polar surface area (TPSA) is 19.9 Å². The van der Waals surface area contributed by atoms with Gasteiger partial charge in [-0.2, -0.15) is 22.0 Å². The van der Waals surface area contributed by atoms with E-state index in [4.69, 9.17) is 0 Å². The van der Waals surface area contributed by atoms with E-state index in [1.54, 1.807) is 0 Å². The molecule has 1 aromatic carbocycles. The first-order valence-corrected chi connectivity index (χ1v) is 4.41. The van der Waals surface area contributed by atoms with Crippen molar-refractivity contribution >= 4 is 0 Å². The lowest BCUT2D eigenvalue weighted by Gasteiger charge is -2.20. The van der Waals surface area contributed by atoms with Crippen LogP contribution in [-0.4, -0.2) is 12.8 Å². The summed E-state index contributed by atoms with van der Waals surface area (Å²) in [4.78, 5) is 0. The lowest BCUT2D eigenvalue weighted by Crippen LogP contribution is -2.33. The molecule has 6 heteroatoms. The molecule has 0 aliphatic carbocycles. The van der Waals surface area contributed by atoms with Gasteiger partial charge in [-0.05, 0) is 18.1 Å². The molecule has 0 unspecified atom stereocenters. The maximum atomic E-state index is 12.9. The van der Waals surface area contributed by atoms with Crippen LogP contribution < -0.4 is 0 Å². The Morgan fingerprint density at radius 3 is 2.19 bits per heavy atom. The largest absolute Gasteiger partial charge is 0.458 e. The first-order chi connectivity index (χ1) is 7.29. The van der Waals surface area contributed by atoms with Crippen molar-refractivity contribution in [3.05, 3.63) is 35.4 Å². The number of benzene rings is 1. The molecule has 1 rings (SSSR count). The minimum Gasteiger partial charge on any atom is -0.236 e. The van der Waals surface area contributed by atoms with Gasteiger partial charge in [0.1, 0.15) is 0 Å². The van der Waals surface area contributed by atoms with Crippen LogP contribution in [0, 0.1) is 0 Å². The van der Waals surface area contributed by atoms with Gasteiger partial charge in [-0.3, -0.25) is 0 Å². The average molecular weight is 239 g/mol. The zero-order chi connectivity index (χ0) is 12.4. The molecule has 1 radical (unpaired) electrons. The van der Waals surface area contributed by atoms with E-state index >= 15 is 0 Å². The summed E-state index contributed by atoms with van der Waals surface area (Å²) in [5.74, 6) is -4.88. The van der Waals surface area contributed by atoms with Gasteiger partial charge in [-0.25, -0.2) is 5.11 Å². The highest BCUT2D eigenvalue weighted by atomic mass is 19.4. The van der Waals surface area contributed by atoms with Gasteiger partial charge in [0.2, 0.25) is 0 Å². The van der Waals surface area contributed by atoms with Crippen molar-refractivity contribution in [3.63, 3.8) is 0 Å². The van der Waals surface area contributed by atoms with Crippen LogP contribution in [0.4, 0.5) is 22.0 Å². The lowest BCUT2D eigenvalue weighted by atomic mass is 10.0. The van der Waals surface area contributed by atoms with E-state index in [0.717, 1.165) is 6.07 Å². The highest BCUT2D eigenvalue weighted by Crippen LogP contribution is 2.43. The molecule has 0 saturated heterocycles. The zero-order valence-corrected chi connectivity index (χ0v) is 8.02. The van der Waals surface area contributed by atoms with E-state index < -0.39 is 24.3 Å². The molecule has 0 aromatic heterocycles. The van der Waals surface area contributed by atoms with Crippen LogP contribution >= 0.6 is 0 Å². The van der Waals surface area contributed by atoms with Crippen molar-refractivity contribution in [2.45, 2.75) is 18.5 Å². The summed E-state index contributed by atoms with van der Waals surface area (Å²) in [5, 5.41) is 10.2. The van der Waals surface area contributed by atoms with Crippen LogP contribution in [0.1, 0.15) is 11.1 Å². The number of hydrogen-bond donors (Lipinski definition) is 0. The van der Waals surface area contributed by atoms with E-state index in [1.807, 2.05) is 0 Å². The minimum absolute atomic E-state index is 0.0677. The summed E-state index contributed by atoms with van der Waals surface area (Å²) < 4.78 is 61.8. The van der Waals surface area contributed by atoms with Gasteiger partial charge in [0.25, 0.3) is 0 Å². The first-order valence-electron chi connectivity index (χ1n) is 4.41. The Bertz CT molecular complexity index is 358. The van der Waals surface area contributed by atoms with Crippen molar-refractivity contribution < 1.29 is 27.1 Å². The quantitative estimate of drug-likeness (QED) is 0.721. The highest BCUT2D eigenvalue weighted by molar-refractivity contribution is 5.28. The molecule has 0 spiro atoms. The summed E-state index contributed by atoms with van der Waals surface area (Å²) in [7, 11) is 0. The van der Waals surface area contributed by atoms with Crippen molar-refractivity contribution in [3.8, 4) is 0 Å². The fourth-order valence-electron chi connectivity index (χ4n) is 1.20. The molecule has 0 atom stereocenters. The third-order valence-corrected chi connectivity index (χ3v) is 2.04. The lowest BCUT2D eigenvalue weighted by molar-refractivity contribution is -0.289. The zero-order valence-electron chi connectivity index (χ0n) is 8.02. The Morgan fingerprint density at radius 1 is 1.06 bits per heavy atom. The van der Waals surface area contributed by atoms with Gasteiger partial charge in [0.15, 0.2) is 0 Å². The predicted octanol–water partition coefficient (Wildman–Crippen LogP) is 3.31. The maximum absolute atomic E-state index is 12.9. The Hall–Kier alpha value is -1.17. The molecular weight excluding hydrogens is 231 g/mol. The molecule has 0 heterocycles. The molecule has 0 fully saturated rings. The summed E-state index contributed by atoms with van der Waals surface area (Å²) in [5.41, 5.74) is -0.956. The first kappa shape index (κ1) is 12.9. The molecule has 16 heavy (non-hydrogen) atoms. The maximum Gasteiger partial charge on any atom is 0.458 e. The Morgan fingerprint density at radius 2 is 1.69 bits per heavy atom. The molecule has 1 nitrogen and oxygen atoms in total. The van der Waals surface area contributed by atoms with Crippen LogP contribution in [0.15, 0.2) is 24.3 Å². The number of hydrogen-bond acceptors (Lipinski definition) is 0. The van der Waals surface area contributed by atoms with Crippen LogP contribution in [0.2, 0.25) is 0 Å². The van der Waals surface area contributed by atoms with Gasteiger partial charge in [0, 0.05) is 5.56 Å². The second-order valence-corrected chi connectivity index (χ2v) is 3.23. The summed E-state index contributed by atoms with van der Waals surface area (Å²) in [6, 6.07) is 3.83. The van der Waals surface area contributed by atoms with Crippen LogP contribution in [0.25, 0.3) is 0 Å². The van der Waals surface area contributed by atoms with Gasteiger partial charge >= 0.3 is 12.1 Å². The standard InChI is InChI=1S/C10H8F5O/c11-9(12,10(13,14)15)8-3-1-2-7(6-8)4-5-16/h1-3,6H,4-5H2. The van der Waals surface area contributed by atoms with Gasteiger partial charge in [-0.15, -0.1) is 0 Å². The number of rotatable bonds is 3. The van der Waals surface area contributed by atoms with E-state index in [2.05, 4.69) is 0 Å². The molecule has 0 N–H and O–H groups in total. The highest BCUT2D eigenvalue weighted by Gasteiger charge is 2.58. The molecule has 0 aliphatic heterocycles. The molecule has 1 aromatic rings. The van der Waals surface area contributed by atoms with E-state index in [9.17, 15) is 27.1 Å². The van der Waals surface area contributed by atoms with Crippen LogP contribution in [0.5, 0.6) is 0 Å². The second kappa shape index (κ2) is 4.37. The summed E-state index contributed by atoms with van der Waals surface area (Å²) in [6.45, 7) is -0.555. The van der Waals surface area contributed by atoms with E-state index in [0.29, 0.717) is 12.1 Å².